The van der Waals surface area contributed by atoms with Crippen molar-refractivity contribution in [3.8, 4) is 0 Å². The second kappa shape index (κ2) is 5.05. The normalized spacial score (nSPS) is 15.9. The van der Waals surface area contributed by atoms with E-state index >= 15 is 0 Å². The number of aryl methyl sites for hydroxylation is 1. The van der Waals surface area contributed by atoms with Crippen molar-refractivity contribution in [2.24, 2.45) is 0 Å². The third kappa shape index (κ3) is 2.38. The van der Waals surface area contributed by atoms with E-state index in [1.54, 1.807) is 0 Å². The monoisotopic (exact) mass is 333 g/mol. The Balaban J connectivity index is 1.77. The number of hydrogen-bond donors (Lipinski definition) is 2. The fourth-order valence-electron chi connectivity index (χ4n) is 2.38. The van der Waals surface area contributed by atoms with Gasteiger partial charge in [-0.1, -0.05) is 35.0 Å². The fourth-order valence-corrected chi connectivity index (χ4v) is 2.65. The second-order valence-corrected chi connectivity index (χ2v) is 6.09. The van der Waals surface area contributed by atoms with Gasteiger partial charge in [0.25, 0.3) is 0 Å². The minimum atomic E-state index is -0.369. The molecule has 20 heavy (non-hydrogen) atoms. The van der Waals surface area contributed by atoms with Crippen LogP contribution in [-0.2, 0) is 16.6 Å². The molecular weight excluding hydrogens is 318 g/mol. The van der Waals surface area contributed by atoms with E-state index < -0.39 is 0 Å². The number of aromatic amines is 1. The molecule has 0 aliphatic heterocycles. The Morgan fingerprint density at radius 1 is 1.40 bits per heavy atom. The maximum atomic E-state index is 12.5. The standard InChI is InChI=1S/C15H16BrN3O/c1-2-12-9-13(19-18-12)17-14(20)15(7-8-15)10-3-5-11(16)6-4-10/h3-6,9H,2,7-8H2,1H3,(H2,17,18,19,20). The van der Waals surface area contributed by atoms with Crippen molar-refractivity contribution in [3.05, 3.63) is 46.1 Å². The number of aromatic nitrogens is 2. The number of carbonyl (C=O) groups excluding carboxylic acids is 1. The van der Waals surface area contributed by atoms with Gasteiger partial charge in [0.05, 0.1) is 5.41 Å². The first-order valence-electron chi connectivity index (χ1n) is 6.76. The van der Waals surface area contributed by atoms with E-state index in [0.717, 1.165) is 35.0 Å². The molecule has 1 fully saturated rings. The van der Waals surface area contributed by atoms with Crippen molar-refractivity contribution >= 4 is 27.7 Å². The van der Waals surface area contributed by atoms with E-state index in [-0.39, 0.29) is 11.3 Å². The zero-order valence-corrected chi connectivity index (χ0v) is 12.8. The molecule has 1 heterocycles. The molecule has 1 aromatic carbocycles. The van der Waals surface area contributed by atoms with Crippen LogP contribution in [0.1, 0.15) is 31.0 Å². The van der Waals surface area contributed by atoms with Gasteiger partial charge in [-0.15, -0.1) is 0 Å². The Morgan fingerprint density at radius 2 is 2.10 bits per heavy atom. The van der Waals surface area contributed by atoms with E-state index in [0.29, 0.717) is 5.82 Å². The molecule has 0 saturated heterocycles. The van der Waals surface area contributed by atoms with E-state index in [4.69, 9.17) is 0 Å². The molecule has 0 atom stereocenters. The molecule has 104 valence electrons. The number of anilines is 1. The molecular formula is C15H16BrN3O. The molecule has 2 N–H and O–H groups in total. The van der Waals surface area contributed by atoms with Crippen LogP contribution in [0.25, 0.3) is 0 Å². The van der Waals surface area contributed by atoms with Crippen LogP contribution in [-0.4, -0.2) is 16.1 Å². The number of nitrogens with one attached hydrogen (secondary N) is 2. The summed E-state index contributed by atoms with van der Waals surface area (Å²) < 4.78 is 1.03. The van der Waals surface area contributed by atoms with Gasteiger partial charge in [0.15, 0.2) is 5.82 Å². The SMILES string of the molecule is CCc1cc(NC(=O)C2(c3ccc(Br)cc3)CC2)n[nH]1. The van der Waals surface area contributed by atoms with Crippen molar-refractivity contribution in [2.45, 2.75) is 31.6 Å². The van der Waals surface area contributed by atoms with Crippen LogP contribution in [0.4, 0.5) is 5.82 Å². The first-order valence-corrected chi connectivity index (χ1v) is 7.55. The van der Waals surface area contributed by atoms with E-state index in [2.05, 4.69) is 31.4 Å². The molecule has 0 radical (unpaired) electrons. The minimum Gasteiger partial charge on any atom is -0.308 e. The maximum absolute atomic E-state index is 12.5. The average Bonchev–Trinajstić information content (AvgIpc) is 3.14. The largest absolute Gasteiger partial charge is 0.308 e. The fraction of sp³-hybridized carbons (Fsp3) is 0.333. The summed E-state index contributed by atoms with van der Waals surface area (Å²) in [4.78, 5) is 12.5. The number of rotatable bonds is 4. The first kappa shape index (κ1) is 13.4. The Labute approximate surface area is 126 Å². The highest BCUT2D eigenvalue weighted by Gasteiger charge is 2.51. The Morgan fingerprint density at radius 3 is 2.65 bits per heavy atom. The highest BCUT2D eigenvalue weighted by Crippen LogP contribution is 2.49. The van der Waals surface area contributed by atoms with Gasteiger partial charge in [-0.2, -0.15) is 5.10 Å². The van der Waals surface area contributed by atoms with Crippen molar-refractivity contribution in [3.63, 3.8) is 0 Å². The summed E-state index contributed by atoms with van der Waals surface area (Å²) in [6.07, 6.45) is 2.66. The van der Waals surface area contributed by atoms with Gasteiger partial charge in [-0.3, -0.25) is 9.89 Å². The molecule has 0 unspecified atom stereocenters. The lowest BCUT2D eigenvalue weighted by atomic mass is 9.95. The summed E-state index contributed by atoms with van der Waals surface area (Å²) in [6, 6.07) is 9.87. The molecule has 3 rings (SSSR count). The van der Waals surface area contributed by atoms with Crippen molar-refractivity contribution in [2.75, 3.05) is 5.32 Å². The Hall–Kier alpha value is -1.62. The third-order valence-corrected chi connectivity index (χ3v) is 4.36. The molecule has 0 bridgehead atoms. The molecule has 1 amide bonds. The van der Waals surface area contributed by atoms with Gasteiger partial charge < -0.3 is 5.32 Å². The van der Waals surface area contributed by atoms with Crippen molar-refractivity contribution in [1.82, 2.24) is 10.2 Å². The van der Waals surface area contributed by atoms with Gasteiger partial charge in [0.2, 0.25) is 5.91 Å². The number of hydrogen-bond acceptors (Lipinski definition) is 2. The lowest BCUT2D eigenvalue weighted by Crippen LogP contribution is -2.27. The summed E-state index contributed by atoms with van der Waals surface area (Å²) >= 11 is 3.42. The van der Waals surface area contributed by atoms with Crippen molar-refractivity contribution in [1.29, 1.82) is 0 Å². The molecule has 1 aliphatic rings. The Bertz CT molecular complexity index is 629. The highest BCUT2D eigenvalue weighted by molar-refractivity contribution is 9.10. The maximum Gasteiger partial charge on any atom is 0.236 e. The van der Waals surface area contributed by atoms with Crippen LogP contribution in [0.2, 0.25) is 0 Å². The Kier molecular flexibility index (Phi) is 3.38. The first-order chi connectivity index (χ1) is 9.64. The average molecular weight is 334 g/mol. The predicted octanol–water partition coefficient (Wildman–Crippen LogP) is 3.40. The number of nitrogens with zero attached hydrogens (tertiary/aromatic N) is 1. The molecule has 2 aromatic rings. The molecule has 4 nitrogen and oxygen atoms in total. The number of H-pyrrole nitrogens is 1. The molecule has 1 aliphatic carbocycles. The summed E-state index contributed by atoms with van der Waals surface area (Å²) in [5, 5.41) is 9.94. The van der Waals surface area contributed by atoms with E-state index in [9.17, 15) is 4.79 Å². The van der Waals surface area contributed by atoms with Crippen LogP contribution in [0.3, 0.4) is 0 Å². The van der Waals surface area contributed by atoms with Gasteiger partial charge in [0, 0.05) is 16.2 Å². The topological polar surface area (TPSA) is 57.8 Å². The van der Waals surface area contributed by atoms with Gasteiger partial charge in [-0.25, -0.2) is 0 Å². The lowest BCUT2D eigenvalue weighted by molar-refractivity contribution is -0.118. The van der Waals surface area contributed by atoms with Crippen LogP contribution in [0.5, 0.6) is 0 Å². The molecule has 1 saturated carbocycles. The smallest absolute Gasteiger partial charge is 0.236 e. The van der Waals surface area contributed by atoms with E-state index in [1.807, 2.05) is 37.3 Å². The zero-order chi connectivity index (χ0) is 14.2. The van der Waals surface area contributed by atoms with Gasteiger partial charge in [0.1, 0.15) is 0 Å². The number of halogens is 1. The summed E-state index contributed by atoms with van der Waals surface area (Å²) in [5.41, 5.74) is 1.73. The summed E-state index contributed by atoms with van der Waals surface area (Å²) in [6.45, 7) is 2.04. The summed E-state index contributed by atoms with van der Waals surface area (Å²) in [7, 11) is 0. The van der Waals surface area contributed by atoms with Crippen LogP contribution < -0.4 is 5.32 Å². The van der Waals surface area contributed by atoms with Crippen LogP contribution >= 0.6 is 15.9 Å². The van der Waals surface area contributed by atoms with Crippen molar-refractivity contribution < 1.29 is 4.79 Å². The number of benzene rings is 1. The van der Waals surface area contributed by atoms with E-state index in [1.165, 1.54) is 0 Å². The highest BCUT2D eigenvalue weighted by atomic mass is 79.9. The number of carbonyl (C=O) groups is 1. The van der Waals surface area contributed by atoms with Gasteiger partial charge in [-0.05, 0) is 37.0 Å². The molecule has 0 spiro atoms. The third-order valence-electron chi connectivity index (χ3n) is 3.83. The molecule has 1 aromatic heterocycles. The zero-order valence-electron chi connectivity index (χ0n) is 11.2. The summed E-state index contributed by atoms with van der Waals surface area (Å²) in [5.74, 6) is 0.643. The van der Waals surface area contributed by atoms with Gasteiger partial charge >= 0.3 is 0 Å². The second-order valence-electron chi connectivity index (χ2n) is 5.18. The lowest BCUT2D eigenvalue weighted by Gasteiger charge is -2.14. The number of amides is 1. The molecule has 5 heteroatoms. The van der Waals surface area contributed by atoms with Crippen LogP contribution in [0, 0.1) is 0 Å². The minimum absolute atomic E-state index is 0.0361. The van der Waals surface area contributed by atoms with Crippen LogP contribution in [0.15, 0.2) is 34.8 Å². The predicted molar refractivity (Wildman–Crippen MR) is 81.6 cm³/mol. The quantitative estimate of drug-likeness (QED) is 0.900.